The first-order chi connectivity index (χ1) is 10.1. The Morgan fingerprint density at radius 1 is 1.24 bits per heavy atom. The van der Waals surface area contributed by atoms with Crippen molar-refractivity contribution >= 4 is 5.91 Å². The molecule has 1 aromatic carbocycles. The normalized spacial score (nSPS) is 20.6. The van der Waals surface area contributed by atoms with Crippen molar-refractivity contribution in [3.8, 4) is 0 Å². The summed E-state index contributed by atoms with van der Waals surface area (Å²) in [7, 11) is 0. The molecule has 1 saturated heterocycles. The van der Waals surface area contributed by atoms with Gasteiger partial charge in [0, 0.05) is 25.0 Å². The molecule has 2 aliphatic heterocycles. The third-order valence-corrected chi connectivity index (χ3v) is 4.98. The van der Waals surface area contributed by atoms with Crippen molar-refractivity contribution in [3.05, 3.63) is 35.4 Å². The van der Waals surface area contributed by atoms with Crippen molar-refractivity contribution in [2.75, 3.05) is 19.6 Å². The van der Waals surface area contributed by atoms with Crippen LogP contribution in [0, 0.1) is 12.0 Å². The highest BCUT2D eigenvalue weighted by molar-refractivity contribution is 5.79. The number of carbonyl (C=O) groups is 1. The van der Waals surface area contributed by atoms with E-state index in [0.717, 1.165) is 45.4 Å². The van der Waals surface area contributed by atoms with E-state index in [2.05, 4.69) is 41.8 Å². The molecule has 21 heavy (non-hydrogen) atoms. The summed E-state index contributed by atoms with van der Waals surface area (Å²) in [5.41, 5.74) is 2.66. The third-order valence-electron chi connectivity index (χ3n) is 4.98. The fraction of sp³-hybridized carbons (Fsp3) is 0.611. The molecule has 0 unspecified atom stereocenters. The predicted octanol–water partition coefficient (Wildman–Crippen LogP) is 2.49. The molecule has 1 aromatic rings. The Hall–Kier alpha value is -1.35. The fourth-order valence-corrected chi connectivity index (χ4v) is 3.53. The van der Waals surface area contributed by atoms with Gasteiger partial charge in [0.1, 0.15) is 0 Å². The van der Waals surface area contributed by atoms with Gasteiger partial charge >= 0.3 is 0 Å². The molecule has 0 aromatic heterocycles. The maximum absolute atomic E-state index is 12.7. The predicted molar refractivity (Wildman–Crippen MR) is 83.8 cm³/mol. The third kappa shape index (κ3) is 3.13. The molecule has 3 heteroatoms. The summed E-state index contributed by atoms with van der Waals surface area (Å²) in [5.74, 6) is 0.605. The quantitative estimate of drug-likeness (QED) is 0.833. The molecule has 0 spiro atoms. The van der Waals surface area contributed by atoms with Crippen LogP contribution in [0.15, 0.2) is 18.2 Å². The first-order valence-corrected chi connectivity index (χ1v) is 8.16. The van der Waals surface area contributed by atoms with E-state index in [1.54, 1.807) is 0 Å². The monoisotopic (exact) mass is 285 g/mol. The number of hydrogen-bond donors (Lipinski definition) is 0. The minimum atomic E-state index is 0.233. The second kappa shape index (κ2) is 6.18. The Labute approximate surface area is 127 Å². The van der Waals surface area contributed by atoms with Gasteiger partial charge in [-0.05, 0) is 63.4 Å². The number of nitrogens with zero attached hydrogens (tertiary/aromatic N) is 2. The lowest BCUT2D eigenvalue weighted by Gasteiger charge is -2.37. The maximum Gasteiger partial charge on any atom is 0.226 e. The molecule has 2 heterocycles. The molecule has 0 bridgehead atoms. The van der Waals surface area contributed by atoms with Crippen LogP contribution in [0.2, 0.25) is 0 Å². The molecule has 2 aliphatic rings. The number of piperidine rings is 1. The molecule has 3 rings (SSSR count). The number of benzene rings is 1. The van der Waals surface area contributed by atoms with E-state index in [1.807, 2.05) is 6.07 Å². The smallest absolute Gasteiger partial charge is 0.226 e. The standard InChI is InChI=1S/C18H25N2O/c1-14(2)19-10-8-16(9-11-19)18(21)20-12-7-15-5-3-4-6-17(15)13-20/h4-6,14,16H,7-13H2,1-2H3. The van der Waals surface area contributed by atoms with E-state index in [1.165, 1.54) is 11.1 Å². The van der Waals surface area contributed by atoms with Crippen molar-refractivity contribution in [1.82, 2.24) is 9.80 Å². The Balaban J connectivity index is 1.60. The van der Waals surface area contributed by atoms with Crippen LogP contribution in [0.4, 0.5) is 0 Å². The molecule has 0 saturated carbocycles. The number of amides is 1. The topological polar surface area (TPSA) is 23.6 Å². The van der Waals surface area contributed by atoms with Crippen LogP contribution >= 0.6 is 0 Å². The molecule has 0 atom stereocenters. The van der Waals surface area contributed by atoms with Crippen molar-refractivity contribution in [2.24, 2.45) is 5.92 Å². The van der Waals surface area contributed by atoms with E-state index in [4.69, 9.17) is 0 Å². The molecule has 113 valence electrons. The van der Waals surface area contributed by atoms with Crippen LogP contribution in [0.25, 0.3) is 0 Å². The van der Waals surface area contributed by atoms with Crippen molar-refractivity contribution < 1.29 is 4.79 Å². The molecule has 3 nitrogen and oxygen atoms in total. The van der Waals surface area contributed by atoms with Gasteiger partial charge in [0.05, 0.1) is 0 Å². The Bertz CT molecular complexity index is 504. The number of rotatable bonds is 2. The first-order valence-electron chi connectivity index (χ1n) is 8.16. The minimum absolute atomic E-state index is 0.233. The fourth-order valence-electron chi connectivity index (χ4n) is 3.53. The van der Waals surface area contributed by atoms with E-state index < -0.39 is 0 Å². The summed E-state index contributed by atoms with van der Waals surface area (Å²) in [6, 6.07) is 9.86. The van der Waals surface area contributed by atoms with Crippen LogP contribution in [0.1, 0.15) is 37.8 Å². The summed E-state index contributed by atoms with van der Waals surface area (Å²) >= 11 is 0. The number of likely N-dealkylation sites (tertiary alicyclic amines) is 1. The van der Waals surface area contributed by atoms with Gasteiger partial charge in [0.15, 0.2) is 0 Å². The summed E-state index contributed by atoms with van der Waals surface area (Å²) < 4.78 is 0. The van der Waals surface area contributed by atoms with Gasteiger partial charge in [-0.2, -0.15) is 0 Å². The van der Waals surface area contributed by atoms with E-state index in [0.29, 0.717) is 11.9 Å². The molecule has 1 amide bonds. The van der Waals surface area contributed by atoms with E-state index in [9.17, 15) is 4.79 Å². The summed E-state index contributed by atoms with van der Waals surface area (Å²) in [6.45, 7) is 8.25. The van der Waals surface area contributed by atoms with Crippen LogP contribution in [0.5, 0.6) is 0 Å². The number of hydrogen-bond acceptors (Lipinski definition) is 2. The highest BCUT2D eigenvalue weighted by Gasteiger charge is 2.30. The van der Waals surface area contributed by atoms with Gasteiger partial charge < -0.3 is 9.80 Å². The maximum atomic E-state index is 12.7. The average molecular weight is 285 g/mol. The number of fused-ring (bicyclic) bond motifs is 1. The SMILES string of the molecule is CC(C)N1CCC(C(=O)N2CCc3c[c]ccc3C2)CC1. The zero-order valence-electron chi connectivity index (χ0n) is 13.1. The zero-order valence-corrected chi connectivity index (χ0v) is 13.1. The number of carbonyl (C=O) groups excluding carboxylic acids is 1. The minimum Gasteiger partial charge on any atom is -0.338 e. The van der Waals surface area contributed by atoms with Gasteiger partial charge in [0.2, 0.25) is 5.91 Å². The summed E-state index contributed by atoms with van der Waals surface area (Å²) in [6.07, 6.45) is 3.01. The second-order valence-electron chi connectivity index (χ2n) is 6.61. The van der Waals surface area contributed by atoms with E-state index in [-0.39, 0.29) is 5.92 Å². The molecular weight excluding hydrogens is 260 g/mol. The highest BCUT2D eigenvalue weighted by atomic mass is 16.2. The highest BCUT2D eigenvalue weighted by Crippen LogP contribution is 2.25. The molecular formula is C18H25N2O. The lowest BCUT2D eigenvalue weighted by atomic mass is 9.92. The average Bonchev–Trinajstić information content (AvgIpc) is 2.54. The largest absolute Gasteiger partial charge is 0.338 e. The van der Waals surface area contributed by atoms with Crippen LogP contribution in [0.3, 0.4) is 0 Å². The lowest BCUT2D eigenvalue weighted by Crippen LogP contribution is -2.45. The summed E-state index contributed by atoms with van der Waals surface area (Å²) in [4.78, 5) is 17.3. The van der Waals surface area contributed by atoms with Gasteiger partial charge in [-0.1, -0.05) is 18.2 Å². The van der Waals surface area contributed by atoms with Gasteiger partial charge in [-0.25, -0.2) is 0 Å². The molecule has 1 radical (unpaired) electrons. The second-order valence-corrected chi connectivity index (χ2v) is 6.61. The van der Waals surface area contributed by atoms with Crippen LogP contribution in [-0.4, -0.2) is 41.4 Å². The molecule has 0 N–H and O–H groups in total. The first kappa shape index (κ1) is 14.6. The van der Waals surface area contributed by atoms with Crippen molar-refractivity contribution in [3.63, 3.8) is 0 Å². The van der Waals surface area contributed by atoms with Crippen molar-refractivity contribution in [2.45, 2.75) is 45.7 Å². The zero-order chi connectivity index (χ0) is 14.8. The van der Waals surface area contributed by atoms with E-state index >= 15 is 0 Å². The van der Waals surface area contributed by atoms with Gasteiger partial charge in [-0.3, -0.25) is 4.79 Å². The summed E-state index contributed by atoms with van der Waals surface area (Å²) in [5, 5.41) is 0. The molecule has 1 fully saturated rings. The Morgan fingerprint density at radius 2 is 2.00 bits per heavy atom. The molecule has 0 aliphatic carbocycles. The lowest BCUT2D eigenvalue weighted by molar-refractivity contribution is -0.138. The Morgan fingerprint density at radius 3 is 2.71 bits per heavy atom. The van der Waals surface area contributed by atoms with Gasteiger partial charge in [0.25, 0.3) is 0 Å². The Kier molecular flexibility index (Phi) is 4.29. The van der Waals surface area contributed by atoms with Gasteiger partial charge in [-0.15, -0.1) is 0 Å². The van der Waals surface area contributed by atoms with Crippen LogP contribution in [-0.2, 0) is 17.8 Å². The van der Waals surface area contributed by atoms with Crippen LogP contribution < -0.4 is 0 Å². The van der Waals surface area contributed by atoms with Crippen molar-refractivity contribution in [1.29, 1.82) is 0 Å².